The Kier molecular flexibility index (Phi) is 6.06. The molecule has 2 nitrogen and oxygen atoms in total. The molecule has 0 aliphatic rings. The van der Waals surface area contributed by atoms with Gasteiger partial charge in [0.25, 0.3) is 0 Å². The summed E-state index contributed by atoms with van der Waals surface area (Å²) < 4.78 is 12.1. The predicted octanol–water partition coefficient (Wildman–Crippen LogP) is 3.94. The Labute approximate surface area is 113 Å². The third kappa shape index (κ3) is 4.23. The standard InChI is InChI=1S/C15H26O2Si/c1-13(2)11-17-18(16-5,14(3)4)12-15-9-7-6-8-10-15/h6-10,13-14H,11-12H2,1-5H3. The highest BCUT2D eigenvalue weighted by atomic mass is 28.4. The van der Waals surface area contributed by atoms with E-state index in [0.717, 1.165) is 12.7 Å². The van der Waals surface area contributed by atoms with E-state index in [1.165, 1.54) is 5.56 Å². The largest absolute Gasteiger partial charge is 0.397 e. The summed E-state index contributed by atoms with van der Waals surface area (Å²) in [4.78, 5) is 0. The SMILES string of the molecule is CO[Si](Cc1ccccc1)(OCC(C)C)C(C)C. The van der Waals surface area contributed by atoms with Crippen LogP contribution in [0, 0.1) is 5.92 Å². The maximum Gasteiger partial charge on any atom is 0.345 e. The van der Waals surface area contributed by atoms with Crippen LogP contribution in [-0.2, 0) is 14.9 Å². The Balaban J connectivity index is 2.83. The summed E-state index contributed by atoms with van der Waals surface area (Å²) in [5, 5.41) is 0. The van der Waals surface area contributed by atoms with Crippen LogP contribution in [0.3, 0.4) is 0 Å². The number of rotatable bonds is 7. The molecule has 0 N–H and O–H groups in total. The van der Waals surface area contributed by atoms with Gasteiger partial charge in [-0.3, -0.25) is 0 Å². The van der Waals surface area contributed by atoms with Gasteiger partial charge in [-0.05, 0) is 17.0 Å². The van der Waals surface area contributed by atoms with E-state index in [1.54, 1.807) is 7.11 Å². The Morgan fingerprint density at radius 1 is 1.06 bits per heavy atom. The summed E-state index contributed by atoms with van der Waals surface area (Å²) in [5.41, 5.74) is 1.75. The summed E-state index contributed by atoms with van der Waals surface area (Å²) in [5.74, 6) is 0.543. The zero-order chi connectivity index (χ0) is 13.6. The molecule has 0 fully saturated rings. The highest BCUT2D eigenvalue weighted by Crippen LogP contribution is 2.27. The highest BCUT2D eigenvalue weighted by Gasteiger charge is 2.40. The summed E-state index contributed by atoms with van der Waals surface area (Å²) in [6.45, 7) is 9.55. The van der Waals surface area contributed by atoms with E-state index in [0.29, 0.717) is 11.5 Å². The van der Waals surface area contributed by atoms with E-state index >= 15 is 0 Å². The van der Waals surface area contributed by atoms with Crippen LogP contribution in [0.15, 0.2) is 30.3 Å². The minimum absolute atomic E-state index is 0.446. The monoisotopic (exact) mass is 266 g/mol. The van der Waals surface area contributed by atoms with Crippen LogP contribution in [0.1, 0.15) is 33.3 Å². The van der Waals surface area contributed by atoms with Crippen molar-refractivity contribution in [3.8, 4) is 0 Å². The fraction of sp³-hybridized carbons (Fsp3) is 0.600. The summed E-state index contributed by atoms with van der Waals surface area (Å²) in [6, 6.07) is 11.4. The third-order valence-corrected chi connectivity index (χ3v) is 7.19. The van der Waals surface area contributed by atoms with Crippen LogP contribution >= 0.6 is 0 Å². The Morgan fingerprint density at radius 3 is 2.11 bits per heavy atom. The topological polar surface area (TPSA) is 18.5 Å². The van der Waals surface area contributed by atoms with Crippen molar-refractivity contribution in [2.75, 3.05) is 13.7 Å². The Hall–Kier alpha value is -0.643. The molecular formula is C15H26O2Si. The lowest BCUT2D eigenvalue weighted by Crippen LogP contribution is -2.47. The van der Waals surface area contributed by atoms with Gasteiger partial charge in [0.05, 0.1) is 0 Å². The van der Waals surface area contributed by atoms with Gasteiger partial charge in [-0.1, -0.05) is 58.0 Å². The molecule has 3 heteroatoms. The number of hydrogen-bond donors (Lipinski definition) is 0. The van der Waals surface area contributed by atoms with Gasteiger partial charge in [0.2, 0.25) is 0 Å². The molecule has 1 rings (SSSR count). The fourth-order valence-electron chi connectivity index (χ4n) is 1.98. The molecule has 1 atom stereocenters. The molecule has 18 heavy (non-hydrogen) atoms. The van der Waals surface area contributed by atoms with Crippen molar-refractivity contribution in [2.24, 2.45) is 5.92 Å². The first kappa shape index (κ1) is 15.4. The van der Waals surface area contributed by atoms with E-state index in [9.17, 15) is 0 Å². The molecule has 1 unspecified atom stereocenters. The zero-order valence-electron chi connectivity index (χ0n) is 12.3. The van der Waals surface area contributed by atoms with E-state index in [4.69, 9.17) is 8.85 Å². The van der Waals surface area contributed by atoms with Crippen molar-refractivity contribution < 1.29 is 8.85 Å². The predicted molar refractivity (Wildman–Crippen MR) is 78.8 cm³/mol. The maximum atomic E-state index is 6.22. The van der Waals surface area contributed by atoms with E-state index in [2.05, 4.69) is 52.0 Å². The lowest BCUT2D eigenvalue weighted by Gasteiger charge is -2.33. The average molecular weight is 266 g/mol. The van der Waals surface area contributed by atoms with Crippen molar-refractivity contribution in [3.05, 3.63) is 35.9 Å². The second-order valence-electron chi connectivity index (χ2n) is 5.54. The van der Waals surface area contributed by atoms with Crippen molar-refractivity contribution in [1.82, 2.24) is 0 Å². The molecule has 0 aliphatic carbocycles. The van der Waals surface area contributed by atoms with Crippen LogP contribution in [0.5, 0.6) is 0 Å². The number of benzene rings is 1. The van der Waals surface area contributed by atoms with E-state index < -0.39 is 8.56 Å². The van der Waals surface area contributed by atoms with Gasteiger partial charge in [-0.2, -0.15) is 0 Å². The molecule has 0 aromatic heterocycles. The first-order chi connectivity index (χ1) is 8.50. The molecule has 0 radical (unpaired) electrons. The molecule has 1 aromatic rings. The molecular weight excluding hydrogens is 240 g/mol. The van der Waals surface area contributed by atoms with Crippen LogP contribution < -0.4 is 0 Å². The van der Waals surface area contributed by atoms with Gasteiger partial charge >= 0.3 is 8.56 Å². The molecule has 0 bridgehead atoms. The van der Waals surface area contributed by atoms with E-state index in [1.807, 2.05) is 6.07 Å². The normalized spacial score (nSPS) is 15.1. The molecule has 0 saturated heterocycles. The molecule has 1 aromatic carbocycles. The van der Waals surface area contributed by atoms with E-state index in [-0.39, 0.29) is 0 Å². The van der Waals surface area contributed by atoms with Gasteiger partial charge in [0.15, 0.2) is 0 Å². The van der Waals surface area contributed by atoms with Crippen molar-refractivity contribution in [3.63, 3.8) is 0 Å². The molecule has 102 valence electrons. The molecule has 0 saturated carbocycles. The van der Waals surface area contributed by atoms with Crippen molar-refractivity contribution in [1.29, 1.82) is 0 Å². The molecule has 0 spiro atoms. The fourth-order valence-corrected chi connectivity index (χ4v) is 4.97. The van der Waals surface area contributed by atoms with Gasteiger partial charge in [0.1, 0.15) is 0 Å². The van der Waals surface area contributed by atoms with Crippen molar-refractivity contribution >= 4 is 8.56 Å². The zero-order valence-corrected chi connectivity index (χ0v) is 13.3. The lowest BCUT2D eigenvalue weighted by atomic mass is 10.2. The van der Waals surface area contributed by atoms with Gasteiger partial charge in [0, 0.05) is 19.8 Å². The maximum absolute atomic E-state index is 6.22. The first-order valence-corrected chi connectivity index (χ1v) is 8.83. The number of hydrogen-bond acceptors (Lipinski definition) is 2. The molecule has 0 heterocycles. The average Bonchev–Trinajstić information content (AvgIpc) is 2.35. The van der Waals surface area contributed by atoms with Gasteiger partial charge in [-0.25, -0.2) is 0 Å². The van der Waals surface area contributed by atoms with Gasteiger partial charge < -0.3 is 8.85 Å². The van der Waals surface area contributed by atoms with Crippen LogP contribution in [-0.4, -0.2) is 22.3 Å². The van der Waals surface area contributed by atoms with Crippen LogP contribution in [0.2, 0.25) is 5.54 Å². The molecule has 0 amide bonds. The minimum atomic E-state index is -2.15. The molecule has 0 aliphatic heterocycles. The van der Waals surface area contributed by atoms with Crippen LogP contribution in [0.25, 0.3) is 0 Å². The second kappa shape index (κ2) is 7.07. The highest BCUT2D eigenvalue weighted by molar-refractivity contribution is 6.68. The quantitative estimate of drug-likeness (QED) is 0.696. The lowest BCUT2D eigenvalue weighted by molar-refractivity contribution is 0.168. The Morgan fingerprint density at radius 2 is 1.67 bits per heavy atom. The van der Waals surface area contributed by atoms with Gasteiger partial charge in [-0.15, -0.1) is 0 Å². The minimum Gasteiger partial charge on any atom is -0.397 e. The smallest absolute Gasteiger partial charge is 0.345 e. The summed E-state index contributed by atoms with van der Waals surface area (Å²) >= 11 is 0. The van der Waals surface area contributed by atoms with Crippen molar-refractivity contribution in [2.45, 2.75) is 39.3 Å². The third-order valence-electron chi connectivity index (χ3n) is 3.18. The second-order valence-corrected chi connectivity index (χ2v) is 9.37. The first-order valence-electron chi connectivity index (χ1n) is 6.73. The van der Waals surface area contributed by atoms with Crippen LogP contribution in [0.4, 0.5) is 0 Å². The Bertz CT molecular complexity index is 338. The summed E-state index contributed by atoms with van der Waals surface area (Å²) in [6.07, 6.45) is 0. The summed E-state index contributed by atoms with van der Waals surface area (Å²) in [7, 11) is -0.349.